The van der Waals surface area contributed by atoms with Gasteiger partial charge >= 0.3 is 5.97 Å². The lowest BCUT2D eigenvalue weighted by molar-refractivity contribution is -0.141. The lowest BCUT2D eigenvalue weighted by atomic mass is 9.64. The summed E-state index contributed by atoms with van der Waals surface area (Å²) < 4.78 is 5.04. The summed E-state index contributed by atoms with van der Waals surface area (Å²) in [7, 11) is 0. The van der Waals surface area contributed by atoms with Gasteiger partial charge in [-0.15, -0.1) is 17.0 Å². The molecule has 34 heavy (non-hydrogen) atoms. The summed E-state index contributed by atoms with van der Waals surface area (Å²) in [5, 5.41) is 0. The van der Waals surface area contributed by atoms with E-state index < -0.39 is 5.41 Å². The van der Waals surface area contributed by atoms with Gasteiger partial charge in [-0.1, -0.05) is 60.7 Å². The van der Waals surface area contributed by atoms with Crippen molar-refractivity contribution in [2.75, 3.05) is 19.8 Å². The molecule has 1 aliphatic carbocycles. The molecule has 1 aliphatic heterocycles. The Morgan fingerprint density at radius 2 is 1.62 bits per heavy atom. The number of carbonyl (C=O) groups excluding carboxylic acids is 2. The average Bonchev–Trinajstić information content (AvgIpc) is 3.49. The number of halogens is 1. The fourth-order valence-corrected chi connectivity index (χ4v) is 5.53. The van der Waals surface area contributed by atoms with E-state index in [0.717, 1.165) is 50.0 Å². The van der Waals surface area contributed by atoms with Gasteiger partial charge in [0.1, 0.15) is 5.41 Å². The van der Waals surface area contributed by atoms with E-state index in [0.29, 0.717) is 12.6 Å². The predicted molar refractivity (Wildman–Crippen MR) is 138 cm³/mol. The molecule has 6 nitrogen and oxygen atoms in total. The van der Waals surface area contributed by atoms with Crippen LogP contribution < -0.4 is 5.73 Å². The molecule has 0 aromatic heterocycles. The Balaban J connectivity index is 0.00000324. The first-order valence-electron chi connectivity index (χ1n) is 11.7. The van der Waals surface area contributed by atoms with Crippen LogP contribution in [0.2, 0.25) is 0 Å². The van der Waals surface area contributed by atoms with Crippen LogP contribution in [0, 0.1) is 5.92 Å². The number of nitrogens with two attached hydrogens (primary N) is 1. The van der Waals surface area contributed by atoms with E-state index in [1.54, 1.807) is 0 Å². The van der Waals surface area contributed by atoms with E-state index in [9.17, 15) is 9.59 Å². The number of rotatable bonds is 9. The second kappa shape index (κ2) is 11.6. The topological polar surface area (TPSA) is 75.9 Å². The van der Waals surface area contributed by atoms with E-state index in [2.05, 4.69) is 22.2 Å². The summed E-state index contributed by atoms with van der Waals surface area (Å²) in [6, 6.07) is 20.4. The first-order chi connectivity index (χ1) is 16.0. The highest BCUT2D eigenvalue weighted by molar-refractivity contribution is 8.93. The number of hydrogen-bond acceptors (Lipinski definition) is 5. The van der Waals surface area contributed by atoms with Crippen LogP contribution in [0.4, 0.5) is 0 Å². The average molecular weight is 528 g/mol. The molecule has 2 aliphatic rings. The van der Waals surface area contributed by atoms with Crippen molar-refractivity contribution >= 4 is 28.9 Å². The van der Waals surface area contributed by atoms with Crippen molar-refractivity contribution in [3.05, 3.63) is 84.2 Å². The van der Waals surface area contributed by atoms with E-state index in [1.807, 2.05) is 60.7 Å². The lowest BCUT2D eigenvalue weighted by Crippen LogP contribution is -2.48. The van der Waals surface area contributed by atoms with Crippen LogP contribution in [0.15, 0.2) is 73.1 Å². The number of ether oxygens (including phenoxy) is 1. The monoisotopic (exact) mass is 527 g/mol. The quantitative estimate of drug-likeness (QED) is 0.390. The van der Waals surface area contributed by atoms with Crippen LogP contribution in [0.1, 0.15) is 43.7 Å². The van der Waals surface area contributed by atoms with Crippen LogP contribution in [0.3, 0.4) is 0 Å². The van der Waals surface area contributed by atoms with Crippen molar-refractivity contribution < 1.29 is 14.3 Å². The molecular formula is C27H34BrN3O3. The van der Waals surface area contributed by atoms with Gasteiger partial charge in [-0.25, -0.2) is 0 Å². The molecule has 1 fully saturated rings. The van der Waals surface area contributed by atoms with Gasteiger partial charge < -0.3 is 20.3 Å². The fourth-order valence-electron chi connectivity index (χ4n) is 5.53. The Hall–Kier alpha value is -2.80. The molecule has 1 heterocycles. The van der Waals surface area contributed by atoms with Gasteiger partial charge in [0.2, 0.25) is 5.91 Å². The summed E-state index contributed by atoms with van der Waals surface area (Å²) >= 11 is 0. The van der Waals surface area contributed by atoms with Crippen LogP contribution in [0.25, 0.3) is 0 Å². The molecule has 2 unspecified atom stereocenters. The Kier molecular flexibility index (Phi) is 8.78. The minimum absolute atomic E-state index is 0. The highest BCUT2D eigenvalue weighted by Crippen LogP contribution is 2.48. The zero-order valence-electron chi connectivity index (χ0n) is 19.6. The molecule has 4 rings (SSSR count). The van der Waals surface area contributed by atoms with Crippen molar-refractivity contribution in [2.45, 2.75) is 44.1 Å². The van der Waals surface area contributed by atoms with Crippen molar-refractivity contribution in [1.29, 1.82) is 0 Å². The van der Waals surface area contributed by atoms with Gasteiger partial charge in [0.05, 0.1) is 13.3 Å². The van der Waals surface area contributed by atoms with Gasteiger partial charge in [0.15, 0.2) is 0 Å². The minimum atomic E-state index is -0.843. The number of hydrogen-bond donors (Lipinski definition) is 1. The van der Waals surface area contributed by atoms with E-state index in [-0.39, 0.29) is 34.8 Å². The van der Waals surface area contributed by atoms with Gasteiger partial charge in [-0.05, 0) is 42.7 Å². The van der Waals surface area contributed by atoms with Gasteiger partial charge in [0.25, 0.3) is 0 Å². The summed E-state index contributed by atoms with van der Waals surface area (Å²) in [6.45, 7) is 3.54. The number of amides is 1. The summed E-state index contributed by atoms with van der Waals surface area (Å²) in [4.78, 5) is 28.8. The third kappa shape index (κ3) is 5.30. The maximum atomic E-state index is 13.2. The van der Waals surface area contributed by atoms with Crippen molar-refractivity contribution in [3.63, 3.8) is 0 Å². The van der Waals surface area contributed by atoms with Crippen molar-refractivity contribution in [3.8, 4) is 0 Å². The highest BCUT2D eigenvalue weighted by atomic mass is 79.9. The van der Waals surface area contributed by atoms with Crippen molar-refractivity contribution in [2.24, 2.45) is 11.7 Å². The van der Waals surface area contributed by atoms with Crippen LogP contribution in [0.5, 0.6) is 0 Å². The number of carbonyl (C=O) groups is 2. The van der Waals surface area contributed by atoms with Gasteiger partial charge in [-0.3, -0.25) is 9.59 Å². The van der Waals surface area contributed by atoms with Crippen molar-refractivity contribution in [1.82, 2.24) is 9.80 Å². The normalized spacial score (nSPS) is 19.7. The summed E-state index contributed by atoms with van der Waals surface area (Å²) in [6.07, 6.45) is 7.92. The SMILES string of the molecule is Br.CC(=O)OCCCN1C=CN(C2CCC(C(C(N)=O)(c3ccccc3)c3ccccc3)C2)C1. The minimum Gasteiger partial charge on any atom is -0.466 e. The molecular weight excluding hydrogens is 494 g/mol. The fraction of sp³-hybridized carbons (Fsp3) is 0.407. The zero-order valence-corrected chi connectivity index (χ0v) is 21.4. The first-order valence-corrected chi connectivity index (χ1v) is 11.7. The molecule has 2 N–H and O–H groups in total. The number of primary amides is 1. The van der Waals surface area contributed by atoms with Crippen LogP contribution >= 0.6 is 17.0 Å². The standard InChI is InChI=1S/C27H33N3O3.BrH/c1-21(31)33-18-8-15-29-16-17-30(20-29)25-14-13-24(19-25)27(26(28)32,22-9-4-2-5-10-22)23-11-6-3-7-12-23;/h2-7,9-12,16-17,24-25H,8,13-15,18-20H2,1H3,(H2,28,32);1H. The third-order valence-electron chi connectivity index (χ3n) is 7.04. The number of nitrogens with zero attached hydrogens (tertiary/aromatic N) is 2. The Morgan fingerprint density at radius 3 is 2.18 bits per heavy atom. The second-order valence-electron chi connectivity index (χ2n) is 9.03. The third-order valence-corrected chi connectivity index (χ3v) is 7.04. The number of esters is 1. The van der Waals surface area contributed by atoms with Crippen LogP contribution in [-0.2, 0) is 19.7 Å². The van der Waals surface area contributed by atoms with Crippen LogP contribution in [-0.4, -0.2) is 47.5 Å². The molecule has 0 radical (unpaired) electrons. The maximum Gasteiger partial charge on any atom is 0.302 e. The molecule has 0 saturated heterocycles. The maximum absolute atomic E-state index is 13.2. The highest BCUT2D eigenvalue weighted by Gasteiger charge is 2.50. The summed E-state index contributed by atoms with van der Waals surface area (Å²) in [5.74, 6) is -0.397. The molecule has 2 aromatic rings. The molecule has 1 saturated carbocycles. The Labute approximate surface area is 212 Å². The van der Waals surface area contributed by atoms with E-state index in [4.69, 9.17) is 10.5 Å². The second-order valence-corrected chi connectivity index (χ2v) is 9.03. The first kappa shape index (κ1) is 25.8. The van der Waals surface area contributed by atoms with E-state index in [1.165, 1.54) is 6.92 Å². The number of benzene rings is 2. The summed E-state index contributed by atoms with van der Waals surface area (Å²) in [5.41, 5.74) is 7.31. The smallest absolute Gasteiger partial charge is 0.302 e. The molecule has 7 heteroatoms. The van der Waals surface area contributed by atoms with E-state index >= 15 is 0 Å². The zero-order chi connectivity index (χ0) is 23.3. The predicted octanol–water partition coefficient (Wildman–Crippen LogP) is 4.20. The lowest BCUT2D eigenvalue weighted by Gasteiger charge is -2.38. The van der Waals surface area contributed by atoms with Gasteiger partial charge in [-0.2, -0.15) is 0 Å². The Morgan fingerprint density at radius 1 is 1.00 bits per heavy atom. The Bertz CT molecular complexity index is 944. The molecule has 2 aromatic carbocycles. The largest absolute Gasteiger partial charge is 0.466 e. The molecule has 1 amide bonds. The molecule has 0 bridgehead atoms. The molecule has 182 valence electrons. The molecule has 2 atom stereocenters. The molecule has 0 spiro atoms. The van der Waals surface area contributed by atoms with Gasteiger partial charge in [0, 0.05) is 31.9 Å².